The molecule has 0 aromatic carbocycles. The molecule has 8 heteroatoms. The Morgan fingerprint density at radius 1 is 1.25 bits per heavy atom. The standard InChI is InChI=1S/C16H19N5OS2/c1-19(11-13-17-4-8-23-13)10-12-14(15(22)20-5-2-3-6-20)18-16-21(12)7-9-24-16/h4,7-9H,2-3,5-6,10-11H2,1H3. The summed E-state index contributed by atoms with van der Waals surface area (Å²) in [6, 6.07) is 0. The van der Waals surface area contributed by atoms with Gasteiger partial charge in [0.05, 0.1) is 12.2 Å². The molecule has 0 radical (unpaired) electrons. The first-order chi connectivity index (χ1) is 11.7. The van der Waals surface area contributed by atoms with Gasteiger partial charge in [-0.25, -0.2) is 9.97 Å². The van der Waals surface area contributed by atoms with Crippen LogP contribution in [0.3, 0.4) is 0 Å². The third-order valence-corrected chi connectivity index (χ3v) is 5.79. The summed E-state index contributed by atoms with van der Waals surface area (Å²) in [4.78, 5) is 26.8. The number of rotatable bonds is 5. The lowest BCUT2D eigenvalue weighted by Gasteiger charge is -2.18. The molecule has 0 N–H and O–H groups in total. The number of fused-ring (bicyclic) bond motifs is 1. The predicted octanol–water partition coefficient (Wildman–Crippen LogP) is 2.72. The Morgan fingerprint density at radius 3 is 2.83 bits per heavy atom. The molecule has 1 fully saturated rings. The van der Waals surface area contributed by atoms with E-state index in [1.54, 1.807) is 22.7 Å². The van der Waals surface area contributed by atoms with Crippen molar-refractivity contribution in [3.8, 4) is 0 Å². The quantitative estimate of drug-likeness (QED) is 0.701. The Bertz CT molecular complexity index is 832. The molecule has 24 heavy (non-hydrogen) atoms. The van der Waals surface area contributed by atoms with E-state index in [-0.39, 0.29) is 5.91 Å². The highest BCUT2D eigenvalue weighted by Crippen LogP contribution is 2.22. The van der Waals surface area contributed by atoms with Crippen LogP contribution in [-0.4, -0.2) is 50.2 Å². The van der Waals surface area contributed by atoms with E-state index < -0.39 is 0 Å². The normalized spacial score (nSPS) is 15.0. The number of thiazole rings is 2. The average Bonchev–Trinajstić information content (AvgIpc) is 3.33. The summed E-state index contributed by atoms with van der Waals surface area (Å²) in [6.45, 7) is 3.13. The highest BCUT2D eigenvalue weighted by Gasteiger charge is 2.26. The zero-order chi connectivity index (χ0) is 16.5. The van der Waals surface area contributed by atoms with Gasteiger partial charge in [0.1, 0.15) is 5.01 Å². The van der Waals surface area contributed by atoms with E-state index in [0.29, 0.717) is 12.2 Å². The van der Waals surface area contributed by atoms with Gasteiger partial charge in [0.25, 0.3) is 5.91 Å². The summed E-state index contributed by atoms with van der Waals surface area (Å²) >= 11 is 3.22. The number of hydrogen-bond acceptors (Lipinski definition) is 6. The Balaban J connectivity index is 1.61. The van der Waals surface area contributed by atoms with Crippen LogP contribution in [0.15, 0.2) is 23.2 Å². The van der Waals surface area contributed by atoms with Gasteiger partial charge in [0.2, 0.25) is 0 Å². The lowest BCUT2D eigenvalue weighted by Crippen LogP contribution is -2.30. The van der Waals surface area contributed by atoms with Crippen LogP contribution >= 0.6 is 22.7 Å². The lowest BCUT2D eigenvalue weighted by molar-refractivity contribution is 0.0785. The maximum absolute atomic E-state index is 12.9. The van der Waals surface area contributed by atoms with Crippen molar-refractivity contribution in [2.24, 2.45) is 0 Å². The molecule has 0 aliphatic carbocycles. The Kier molecular flexibility index (Phi) is 4.34. The summed E-state index contributed by atoms with van der Waals surface area (Å²) in [5.41, 5.74) is 1.58. The number of imidazole rings is 1. The highest BCUT2D eigenvalue weighted by atomic mass is 32.1. The van der Waals surface area contributed by atoms with Crippen molar-refractivity contribution in [3.63, 3.8) is 0 Å². The number of aromatic nitrogens is 3. The van der Waals surface area contributed by atoms with Gasteiger partial charge in [-0.1, -0.05) is 0 Å². The van der Waals surface area contributed by atoms with Gasteiger partial charge in [-0.3, -0.25) is 14.1 Å². The molecule has 3 aromatic rings. The van der Waals surface area contributed by atoms with E-state index in [9.17, 15) is 4.79 Å². The van der Waals surface area contributed by atoms with Gasteiger partial charge in [-0.15, -0.1) is 22.7 Å². The van der Waals surface area contributed by atoms with Crippen molar-refractivity contribution in [2.45, 2.75) is 25.9 Å². The average molecular weight is 361 g/mol. The Morgan fingerprint density at radius 2 is 2.08 bits per heavy atom. The van der Waals surface area contributed by atoms with E-state index in [4.69, 9.17) is 0 Å². The summed E-state index contributed by atoms with van der Waals surface area (Å²) in [7, 11) is 2.05. The minimum atomic E-state index is 0.0704. The predicted molar refractivity (Wildman–Crippen MR) is 95.5 cm³/mol. The summed E-state index contributed by atoms with van der Waals surface area (Å²) in [5, 5.41) is 5.08. The van der Waals surface area contributed by atoms with Crippen molar-refractivity contribution >= 4 is 33.5 Å². The summed E-state index contributed by atoms with van der Waals surface area (Å²) in [5.74, 6) is 0.0704. The van der Waals surface area contributed by atoms with E-state index in [0.717, 1.165) is 48.1 Å². The third kappa shape index (κ3) is 2.97. The SMILES string of the molecule is CN(Cc1nccs1)Cc1c(C(=O)N2CCCC2)nc2sccn12. The first-order valence-corrected chi connectivity index (χ1v) is 9.79. The second-order valence-corrected chi connectivity index (χ2v) is 7.91. The van der Waals surface area contributed by atoms with Crippen LogP contribution < -0.4 is 0 Å². The zero-order valence-corrected chi connectivity index (χ0v) is 15.1. The molecule has 1 saturated heterocycles. The molecule has 1 aliphatic heterocycles. The monoisotopic (exact) mass is 361 g/mol. The van der Waals surface area contributed by atoms with Gasteiger partial charge in [0.15, 0.2) is 10.7 Å². The number of nitrogens with zero attached hydrogens (tertiary/aromatic N) is 5. The molecule has 6 nitrogen and oxygen atoms in total. The van der Waals surface area contributed by atoms with Gasteiger partial charge < -0.3 is 4.90 Å². The van der Waals surface area contributed by atoms with E-state index in [1.807, 2.05) is 32.5 Å². The first-order valence-electron chi connectivity index (χ1n) is 8.03. The molecule has 126 valence electrons. The maximum Gasteiger partial charge on any atom is 0.274 e. The fourth-order valence-electron chi connectivity index (χ4n) is 3.10. The zero-order valence-electron chi connectivity index (χ0n) is 13.5. The first kappa shape index (κ1) is 15.7. The van der Waals surface area contributed by atoms with Crippen LogP contribution in [-0.2, 0) is 13.1 Å². The van der Waals surface area contributed by atoms with Gasteiger partial charge >= 0.3 is 0 Å². The molecule has 0 unspecified atom stereocenters. The molecular weight excluding hydrogens is 342 g/mol. The summed E-state index contributed by atoms with van der Waals surface area (Å²) in [6.07, 6.45) is 6.01. The van der Waals surface area contributed by atoms with Gasteiger partial charge in [-0.2, -0.15) is 0 Å². The number of likely N-dealkylation sites (tertiary alicyclic amines) is 1. The molecule has 1 amide bonds. The molecular formula is C16H19N5OS2. The fourth-order valence-corrected chi connectivity index (χ4v) is 4.53. The van der Waals surface area contributed by atoms with E-state index in [2.05, 4.69) is 21.9 Å². The molecule has 0 atom stereocenters. The van der Waals surface area contributed by atoms with Gasteiger partial charge in [0, 0.05) is 42.8 Å². The van der Waals surface area contributed by atoms with Crippen molar-refractivity contribution in [1.29, 1.82) is 0 Å². The molecule has 1 aliphatic rings. The van der Waals surface area contributed by atoms with Crippen molar-refractivity contribution in [3.05, 3.63) is 39.5 Å². The number of carbonyl (C=O) groups is 1. The fraction of sp³-hybridized carbons (Fsp3) is 0.438. The Hall–Kier alpha value is -1.77. The number of carbonyl (C=O) groups excluding carboxylic acids is 1. The van der Waals surface area contributed by atoms with Gasteiger partial charge in [-0.05, 0) is 19.9 Å². The second-order valence-electron chi connectivity index (χ2n) is 6.06. The molecule has 3 aromatic heterocycles. The van der Waals surface area contributed by atoms with Crippen LogP contribution in [0.1, 0.15) is 34.0 Å². The Labute approximate surface area is 148 Å². The third-order valence-electron chi connectivity index (χ3n) is 4.27. The van der Waals surface area contributed by atoms with Crippen molar-refractivity contribution in [2.75, 3.05) is 20.1 Å². The highest BCUT2D eigenvalue weighted by molar-refractivity contribution is 7.15. The summed E-state index contributed by atoms with van der Waals surface area (Å²) < 4.78 is 2.05. The smallest absolute Gasteiger partial charge is 0.274 e. The largest absolute Gasteiger partial charge is 0.337 e. The van der Waals surface area contributed by atoms with Crippen LogP contribution in [0, 0.1) is 0 Å². The number of hydrogen-bond donors (Lipinski definition) is 0. The van der Waals surface area contributed by atoms with Crippen LogP contribution in [0.2, 0.25) is 0 Å². The van der Waals surface area contributed by atoms with Crippen LogP contribution in [0.5, 0.6) is 0 Å². The van der Waals surface area contributed by atoms with E-state index >= 15 is 0 Å². The second kappa shape index (κ2) is 6.62. The maximum atomic E-state index is 12.9. The molecule has 0 bridgehead atoms. The lowest BCUT2D eigenvalue weighted by atomic mass is 10.2. The topological polar surface area (TPSA) is 53.7 Å². The molecule has 0 saturated carbocycles. The van der Waals surface area contributed by atoms with Crippen LogP contribution in [0.25, 0.3) is 4.96 Å². The minimum absolute atomic E-state index is 0.0704. The molecule has 4 heterocycles. The number of amides is 1. The molecule has 4 rings (SSSR count). The minimum Gasteiger partial charge on any atom is -0.337 e. The molecule has 0 spiro atoms. The van der Waals surface area contributed by atoms with Crippen LogP contribution in [0.4, 0.5) is 0 Å². The van der Waals surface area contributed by atoms with Crippen molar-refractivity contribution < 1.29 is 4.79 Å². The van der Waals surface area contributed by atoms with E-state index in [1.165, 1.54) is 0 Å². The van der Waals surface area contributed by atoms with Crippen molar-refractivity contribution in [1.82, 2.24) is 24.2 Å².